The summed E-state index contributed by atoms with van der Waals surface area (Å²) in [6.07, 6.45) is 2.11. The standard InChI is InChI=1S/C17H20FN/c1-2-6-14-9-11-16(12-10-14)17(18,13-19)15-7-4-3-5-8-15/h3-5,7-12H,2,6,13,19H2,1H3. The summed E-state index contributed by atoms with van der Waals surface area (Å²) in [7, 11) is 0. The first kappa shape index (κ1) is 13.8. The van der Waals surface area contributed by atoms with Crippen LogP contribution in [0.3, 0.4) is 0 Å². The van der Waals surface area contributed by atoms with E-state index in [0.717, 1.165) is 12.8 Å². The normalized spacial score (nSPS) is 14.1. The molecule has 0 amide bonds. The number of aryl methyl sites for hydroxylation is 1. The van der Waals surface area contributed by atoms with Crippen molar-refractivity contribution in [3.8, 4) is 0 Å². The molecule has 2 heteroatoms. The summed E-state index contributed by atoms with van der Waals surface area (Å²) in [5.74, 6) is 0. The van der Waals surface area contributed by atoms with E-state index in [9.17, 15) is 0 Å². The summed E-state index contributed by atoms with van der Waals surface area (Å²) >= 11 is 0. The molecule has 1 atom stereocenters. The van der Waals surface area contributed by atoms with Gasteiger partial charge in [-0.1, -0.05) is 67.9 Å². The van der Waals surface area contributed by atoms with Crippen LogP contribution in [0.2, 0.25) is 0 Å². The van der Waals surface area contributed by atoms with Gasteiger partial charge in [-0.15, -0.1) is 0 Å². The van der Waals surface area contributed by atoms with E-state index in [-0.39, 0.29) is 6.54 Å². The number of nitrogens with two attached hydrogens (primary N) is 1. The average Bonchev–Trinajstić information content (AvgIpc) is 2.48. The van der Waals surface area contributed by atoms with Crippen LogP contribution in [0.25, 0.3) is 0 Å². The van der Waals surface area contributed by atoms with Gasteiger partial charge >= 0.3 is 0 Å². The van der Waals surface area contributed by atoms with Crippen molar-refractivity contribution in [2.24, 2.45) is 5.73 Å². The van der Waals surface area contributed by atoms with Crippen LogP contribution in [0.5, 0.6) is 0 Å². The topological polar surface area (TPSA) is 26.0 Å². The van der Waals surface area contributed by atoms with Crippen molar-refractivity contribution in [2.45, 2.75) is 25.4 Å². The molecule has 0 spiro atoms. The van der Waals surface area contributed by atoms with E-state index < -0.39 is 5.67 Å². The lowest BCUT2D eigenvalue weighted by atomic mass is 9.87. The number of rotatable bonds is 5. The first-order valence-electron chi connectivity index (χ1n) is 6.74. The van der Waals surface area contributed by atoms with Gasteiger partial charge in [0, 0.05) is 6.54 Å². The Morgan fingerprint density at radius 3 is 2.05 bits per heavy atom. The average molecular weight is 257 g/mol. The molecular formula is C17H20FN. The highest BCUT2D eigenvalue weighted by atomic mass is 19.1. The van der Waals surface area contributed by atoms with Gasteiger partial charge in [0.15, 0.2) is 5.67 Å². The zero-order chi connectivity index (χ0) is 13.7. The van der Waals surface area contributed by atoms with E-state index in [1.165, 1.54) is 5.56 Å². The van der Waals surface area contributed by atoms with Gasteiger partial charge in [0.2, 0.25) is 0 Å². The molecule has 100 valence electrons. The number of halogens is 1. The van der Waals surface area contributed by atoms with Crippen molar-refractivity contribution in [3.05, 3.63) is 71.3 Å². The number of hydrogen-bond donors (Lipinski definition) is 1. The summed E-state index contributed by atoms with van der Waals surface area (Å²) < 4.78 is 15.2. The molecule has 0 radical (unpaired) electrons. The smallest absolute Gasteiger partial charge is 0.173 e. The minimum Gasteiger partial charge on any atom is -0.327 e. The minimum atomic E-state index is -1.61. The summed E-state index contributed by atoms with van der Waals surface area (Å²) in [4.78, 5) is 0. The Morgan fingerprint density at radius 2 is 1.53 bits per heavy atom. The quantitative estimate of drug-likeness (QED) is 0.866. The fourth-order valence-electron chi connectivity index (χ4n) is 2.33. The summed E-state index contributed by atoms with van der Waals surface area (Å²) in [6.45, 7) is 2.08. The second kappa shape index (κ2) is 5.98. The Kier molecular flexibility index (Phi) is 4.33. The van der Waals surface area contributed by atoms with Crippen molar-refractivity contribution in [1.29, 1.82) is 0 Å². The van der Waals surface area contributed by atoms with E-state index in [4.69, 9.17) is 5.73 Å². The largest absolute Gasteiger partial charge is 0.327 e. The summed E-state index contributed by atoms with van der Waals surface area (Å²) in [5, 5.41) is 0. The lowest BCUT2D eigenvalue weighted by Crippen LogP contribution is -2.31. The second-order valence-corrected chi connectivity index (χ2v) is 4.82. The first-order valence-corrected chi connectivity index (χ1v) is 6.74. The van der Waals surface area contributed by atoms with Crippen LogP contribution >= 0.6 is 0 Å². The van der Waals surface area contributed by atoms with Crippen LogP contribution < -0.4 is 5.73 Å². The highest BCUT2D eigenvalue weighted by Crippen LogP contribution is 2.33. The van der Waals surface area contributed by atoms with Crippen molar-refractivity contribution in [3.63, 3.8) is 0 Å². The molecule has 1 unspecified atom stereocenters. The second-order valence-electron chi connectivity index (χ2n) is 4.82. The van der Waals surface area contributed by atoms with Crippen molar-refractivity contribution in [1.82, 2.24) is 0 Å². The molecule has 2 aromatic carbocycles. The lowest BCUT2D eigenvalue weighted by molar-refractivity contribution is 0.232. The third kappa shape index (κ3) is 2.85. The zero-order valence-corrected chi connectivity index (χ0v) is 11.3. The van der Waals surface area contributed by atoms with E-state index >= 15 is 4.39 Å². The molecule has 0 aliphatic rings. The third-order valence-electron chi connectivity index (χ3n) is 3.46. The van der Waals surface area contributed by atoms with Crippen LogP contribution in [0.15, 0.2) is 54.6 Å². The predicted molar refractivity (Wildman–Crippen MR) is 77.8 cm³/mol. The SMILES string of the molecule is CCCc1ccc(C(F)(CN)c2ccccc2)cc1. The van der Waals surface area contributed by atoms with Crippen molar-refractivity contribution in [2.75, 3.05) is 6.54 Å². The van der Waals surface area contributed by atoms with Gasteiger partial charge < -0.3 is 5.73 Å². The molecule has 0 aliphatic carbocycles. The van der Waals surface area contributed by atoms with Crippen LogP contribution in [-0.2, 0) is 12.1 Å². The highest BCUT2D eigenvalue weighted by molar-refractivity contribution is 5.38. The van der Waals surface area contributed by atoms with E-state index in [1.54, 1.807) is 12.1 Å². The highest BCUT2D eigenvalue weighted by Gasteiger charge is 2.32. The Labute approximate surface area is 114 Å². The van der Waals surface area contributed by atoms with E-state index in [2.05, 4.69) is 6.92 Å². The number of benzene rings is 2. The third-order valence-corrected chi connectivity index (χ3v) is 3.46. The fraction of sp³-hybridized carbons (Fsp3) is 0.294. The summed E-state index contributed by atoms with van der Waals surface area (Å²) in [5.41, 5.74) is 6.56. The maximum absolute atomic E-state index is 15.2. The van der Waals surface area contributed by atoms with Crippen LogP contribution in [0.1, 0.15) is 30.0 Å². The van der Waals surface area contributed by atoms with Gasteiger partial charge in [0.1, 0.15) is 0 Å². The lowest BCUT2D eigenvalue weighted by Gasteiger charge is -2.25. The van der Waals surface area contributed by atoms with Crippen LogP contribution in [0, 0.1) is 0 Å². The molecule has 0 aliphatic heterocycles. The molecule has 2 rings (SSSR count). The fourth-order valence-corrected chi connectivity index (χ4v) is 2.33. The van der Waals surface area contributed by atoms with E-state index in [1.807, 2.05) is 42.5 Å². The minimum absolute atomic E-state index is 0.0515. The van der Waals surface area contributed by atoms with E-state index in [0.29, 0.717) is 11.1 Å². The summed E-state index contributed by atoms with van der Waals surface area (Å²) in [6, 6.07) is 16.8. The molecule has 0 fully saturated rings. The molecular weight excluding hydrogens is 237 g/mol. The first-order chi connectivity index (χ1) is 9.20. The van der Waals surface area contributed by atoms with Crippen LogP contribution in [-0.4, -0.2) is 6.54 Å². The van der Waals surface area contributed by atoms with Gasteiger partial charge in [-0.25, -0.2) is 4.39 Å². The molecule has 0 aromatic heterocycles. The zero-order valence-electron chi connectivity index (χ0n) is 11.3. The number of alkyl halides is 1. The molecule has 19 heavy (non-hydrogen) atoms. The monoisotopic (exact) mass is 257 g/mol. The molecule has 0 heterocycles. The van der Waals surface area contributed by atoms with Crippen molar-refractivity contribution >= 4 is 0 Å². The molecule has 1 nitrogen and oxygen atoms in total. The van der Waals surface area contributed by atoms with Gasteiger partial charge in [0.25, 0.3) is 0 Å². The van der Waals surface area contributed by atoms with Gasteiger partial charge in [-0.2, -0.15) is 0 Å². The van der Waals surface area contributed by atoms with Crippen molar-refractivity contribution < 1.29 is 4.39 Å². The maximum Gasteiger partial charge on any atom is 0.173 e. The van der Waals surface area contributed by atoms with Gasteiger partial charge in [0.05, 0.1) is 0 Å². The Hall–Kier alpha value is -1.67. The van der Waals surface area contributed by atoms with Gasteiger partial charge in [-0.05, 0) is 23.1 Å². The molecule has 0 saturated heterocycles. The molecule has 2 N–H and O–H groups in total. The number of hydrogen-bond acceptors (Lipinski definition) is 1. The molecule has 2 aromatic rings. The van der Waals surface area contributed by atoms with Crippen LogP contribution in [0.4, 0.5) is 4.39 Å². The Balaban J connectivity index is 2.36. The molecule has 0 saturated carbocycles. The molecule has 0 bridgehead atoms. The Morgan fingerprint density at radius 1 is 0.947 bits per heavy atom. The maximum atomic E-state index is 15.2. The van der Waals surface area contributed by atoms with Gasteiger partial charge in [-0.3, -0.25) is 0 Å². The predicted octanol–water partition coefficient (Wildman–Crippen LogP) is 3.81. The Bertz CT molecular complexity index is 507.